The Kier molecular flexibility index (Phi) is 6.67. The molecule has 0 aliphatic carbocycles. The summed E-state index contributed by atoms with van der Waals surface area (Å²) in [6.45, 7) is 8.63. The Hall–Kier alpha value is -1.10. The molecule has 5 heteroatoms. The highest BCUT2D eigenvalue weighted by Gasteiger charge is 2.18. The second-order valence-corrected chi connectivity index (χ2v) is 7.98. The molecule has 0 aromatic heterocycles. The Morgan fingerprint density at radius 1 is 1.12 bits per heavy atom. The lowest BCUT2D eigenvalue weighted by molar-refractivity contribution is 0.471. The van der Waals surface area contributed by atoms with Crippen LogP contribution in [0.2, 0.25) is 5.02 Å². The zero-order valence-electron chi connectivity index (χ0n) is 14.3. The summed E-state index contributed by atoms with van der Waals surface area (Å²) in [5.41, 5.74) is 4.68. The molecule has 2 rings (SSSR count). The van der Waals surface area contributed by atoms with Gasteiger partial charge in [-0.1, -0.05) is 49.2 Å². The monoisotopic (exact) mass is 424 g/mol. The van der Waals surface area contributed by atoms with E-state index in [1.165, 1.54) is 16.7 Å². The molecule has 128 valence electrons. The van der Waals surface area contributed by atoms with Crippen molar-refractivity contribution in [2.45, 2.75) is 33.7 Å². The van der Waals surface area contributed by atoms with E-state index in [4.69, 9.17) is 23.8 Å². The van der Waals surface area contributed by atoms with Crippen LogP contribution in [0.4, 0.5) is 5.69 Å². The van der Waals surface area contributed by atoms with E-state index in [9.17, 15) is 0 Å². The molecule has 0 aliphatic heterocycles. The number of aryl methyl sites for hydroxylation is 2. The number of nitrogens with one attached hydrogen (secondary N) is 2. The van der Waals surface area contributed by atoms with Gasteiger partial charge in [0.25, 0.3) is 0 Å². The molecule has 2 aromatic rings. The molecular weight excluding hydrogens is 404 g/mol. The third-order valence-corrected chi connectivity index (χ3v) is 5.34. The molecule has 0 heterocycles. The van der Waals surface area contributed by atoms with Gasteiger partial charge in [-0.3, -0.25) is 0 Å². The minimum atomic E-state index is 0.150. The van der Waals surface area contributed by atoms with Gasteiger partial charge in [0.05, 0.1) is 11.1 Å². The minimum absolute atomic E-state index is 0.150. The Morgan fingerprint density at radius 2 is 1.83 bits per heavy atom. The average Bonchev–Trinajstić information content (AvgIpc) is 2.49. The van der Waals surface area contributed by atoms with Crippen molar-refractivity contribution >= 4 is 50.5 Å². The summed E-state index contributed by atoms with van der Waals surface area (Å²) in [5, 5.41) is 7.89. The van der Waals surface area contributed by atoms with E-state index in [1.54, 1.807) is 0 Å². The zero-order chi connectivity index (χ0) is 17.9. The van der Waals surface area contributed by atoms with Crippen molar-refractivity contribution in [3.63, 3.8) is 0 Å². The lowest BCUT2D eigenvalue weighted by atomic mass is 9.92. The first-order valence-corrected chi connectivity index (χ1v) is 9.45. The number of rotatable bonds is 4. The topological polar surface area (TPSA) is 24.1 Å². The molecule has 0 saturated carbocycles. The first-order valence-electron chi connectivity index (χ1n) is 7.87. The molecule has 1 atom stereocenters. The van der Waals surface area contributed by atoms with Crippen LogP contribution in [0.25, 0.3) is 0 Å². The lowest BCUT2D eigenvalue weighted by Gasteiger charge is -2.26. The molecule has 24 heavy (non-hydrogen) atoms. The smallest absolute Gasteiger partial charge is 0.171 e. The summed E-state index contributed by atoms with van der Waals surface area (Å²) < 4.78 is 0.865. The second kappa shape index (κ2) is 8.32. The molecule has 2 aromatic carbocycles. The van der Waals surface area contributed by atoms with Gasteiger partial charge in [0, 0.05) is 10.2 Å². The third-order valence-electron chi connectivity index (χ3n) is 3.89. The maximum Gasteiger partial charge on any atom is 0.171 e. The van der Waals surface area contributed by atoms with Crippen LogP contribution in [0.15, 0.2) is 40.9 Å². The summed E-state index contributed by atoms with van der Waals surface area (Å²) in [4.78, 5) is 0. The quantitative estimate of drug-likeness (QED) is 0.554. The fraction of sp³-hybridized carbons (Fsp3) is 0.316. The number of hydrogen-bond acceptors (Lipinski definition) is 1. The van der Waals surface area contributed by atoms with Crippen LogP contribution in [0.3, 0.4) is 0 Å². The van der Waals surface area contributed by atoms with E-state index >= 15 is 0 Å². The molecule has 0 radical (unpaired) electrons. The molecule has 0 fully saturated rings. The van der Waals surface area contributed by atoms with Crippen LogP contribution in [-0.4, -0.2) is 5.11 Å². The van der Waals surface area contributed by atoms with Crippen LogP contribution in [0.1, 0.15) is 36.6 Å². The Bertz CT molecular complexity index is 746. The van der Waals surface area contributed by atoms with Crippen LogP contribution in [0.5, 0.6) is 0 Å². The fourth-order valence-electron chi connectivity index (χ4n) is 2.66. The Morgan fingerprint density at radius 3 is 2.42 bits per heavy atom. The number of hydrogen-bond donors (Lipinski definition) is 2. The SMILES string of the molecule is Cc1ccc(C(NC(=S)Nc2ccc(Br)c(Cl)c2)C(C)C)c(C)c1. The van der Waals surface area contributed by atoms with Gasteiger partial charge in [-0.15, -0.1) is 0 Å². The molecule has 2 nitrogen and oxygen atoms in total. The van der Waals surface area contributed by atoms with Gasteiger partial charge in [0.2, 0.25) is 0 Å². The first kappa shape index (κ1) is 19.2. The van der Waals surface area contributed by atoms with Crippen LogP contribution >= 0.6 is 39.7 Å². The van der Waals surface area contributed by atoms with Crippen molar-refractivity contribution in [3.8, 4) is 0 Å². The van der Waals surface area contributed by atoms with Gasteiger partial charge in [-0.05, 0) is 77.2 Å². The molecular formula is C19H22BrClN2S. The lowest BCUT2D eigenvalue weighted by Crippen LogP contribution is -2.35. The maximum atomic E-state index is 6.13. The normalized spacial score (nSPS) is 12.1. The van der Waals surface area contributed by atoms with E-state index in [0.29, 0.717) is 16.1 Å². The van der Waals surface area contributed by atoms with Gasteiger partial charge in [-0.25, -0.2) is 0 Å². The van der Waals surface area contributed by atoms with E-state index in [1.807, 2.05) is 18.2 Å². The molecule has 0 bridgehead atoms. The molecule has 2 N–H and O–H groups in total. The predicted molar refractivity (Wildman–Crippen MR) is 112 cm³/mol. The van der Waals surface area contributed by atoms with E-state index in [0.717, 1.165) is 10.2 Å². The zero-order valence-corrected chi connectivity index (χ0v) is 17.4. The molecule has 0 amide bonds. The highest BCUT2D eigenvalue weighted by atomic mass is 79.9. The van der Waals surface area contributed by atoms with Gasteiger partial charge in [0.15, 0.2) is 5.11 Å². The standard InChI is InChI=1S/C19H22BrClN2S/c1-11(2)18(15-7-5-12(3)9-13(15)4)23-19(24)22-14-6-8-16(20)17(21)10-14/h5-11,18H,1-4H3,(H2,22,23,24). The van der Waals surface area contributed by atoms with Crippen molar-refractivity contribution in [2.75, 3.05) is 5.32 Å². The summed E-state index contributed by atoms with van der Waals surface area (Å²) in [5.74, 6) is 0.402. The highest BCUT2D eigenvalue weighted by Crippen LogP contribution is 2.27. The largest absolute Gasteiger partial charge is 0.355 e. The summed E-state index contributed by atoms with van der Waals surface area (Å²) >= 11 is 15.0. The number of halogens is 2. The maximum absolute atomic E-state index is 6.13. The van der Waals surface area contributed by atoms with Gasteiger partial charge in [0.1, 0.15) is 0 Å². The molecule has 0 spiro atoms. The van der Waals surface area contributed by atoms with E-state index in [2.05, 4.69) is 72.5 Å². The predicted octanol–water partition coefficient (Wildman–Crippen LogP) is 6.40. The number of anilines is 1. The molecule has 1 unspecified atom stereocenters. The second-order valence-electron chi connectivity index (χ2n) is 6.31. The number of thiocarbonyl (C=S) groups is 1. The summed E-state index contributed by atoms with van der Waals surface area (Å²) in [7, 11) is 0. The third kappa shape index (κ3) is 4.95. The summed E-state index contributed by atoms with van der Waals surface area (Å²) in [6.07, 6.45) is 0. The fourth-order valence-corrected chi connectivity index (χ4v) is 3.33. The Labute approximate surface area is 163 Å². The van der Waals surface area contributed by atoms with Gasteiger partial charge in [-0.2, -0.15) is 0 Å². The number of benzene rings is 2. The van der Waals surface area contributed by atoms with Crippen molar-refractivity contribution in [3.05, 3.63) is 62.6 Å². The average molecular weight is 426 g/mol. The molecule has 0 aliphatic rings. The van der Waals surface area contributed by atoms with Crippen molar-refractivity contribution in [1.82, 2.24) is 5.32 Å². The van der Waals surface area contributed by atoms with Crippen molar-refractivity contribution < 1.29 is 0 Å². The van der Waals surface area contributed by atoms with Gasteiger partial charge >= 0.3 is 0 Å². The van der Waals surface area contributed by atoms with Crippen molar-refractivity contribution in [2.24, 2.45) is 5.92 Å². The minimum Gasteiger partial charge on any atom is -0.355 e. The van der Waals surface area contributed by atoms with Crippen LogP contribution in [-0.2, 0) is 0 Å². The first-order chi connectivity index (χ1) is 11.3. The van der Waals surface area contributed by atoms with Gasteiger partial charge < -0.3 is 10.6 Å². The van der Waals surface area contributed by atoms with E-state index < -0.39 is 0 Å². The van der Waals surface area contributed by atoms with Crippen LogP contribution in [0, 0.1) is 19.8 Å². The Balaban J connectivity index is 2.15. The highest BCUT2D eigenvalue weighted by molar-refractivity contribution is 9.10. The molecule has 0 saturated heterocycles. The van der Waals surface area contributed by atoms with Crippen molar-refractivity contribution in [1.29, 1.82) is 0 Å². The van der Waals surface area contributed by atoms with Crippen LogP contribution < -0.4 is 10.6 Å². The summed E-state index contributed by atoms with van der Waals surface area (Å²) in [6, 6.07) is 12.4. The van der Waals surface area contributed by atoms with E-state index in [-0.39, 0.29) is 6.04 Å².